The van der Waals surface area contributed by atoms with Crippen molar-refractivity contribution < 1.29 is 27.4 Å². The molecule has 0 bridgehead atoms. The van der Waals surface area contributed by atoms with Crippen molar-refractivity contribution in [3.8, 4) is 11.5 Å². The molecule has 10 nitrogen and oxygen atoms in total. The summed E-state index contributed by atoms with van der Waals surface area (Å²) < 4.78 is 54.7. The van der Waals surface area contributed by atoms with Crippen molar-refractivity contribution in [2.24, 2.45) is 7.05 Å². The van der Waals surface area contributed by atoms with Crippen molar-refractivity contribution in [1.29, 1.82) is 0 Å². The Kier molecular flexibility index (Phi) is 7.79. The van der Waals surface area contributed by atoms with E-state index in [-0.39, 0.29) is 46.1 Å². The molecule has 0 radical (unpaired) electrons. The first-order chi connectivity index (χ1) is 19.1. The van der Waals surface area contributed by atoms with Crippen LogP contribution in [0.3, 0.4) is 0 Å². The Bertz CT molecular complexity index is 1550. The minimum atomic E-state index is -4.53. The molecule has 5 rings (SSSR count). The molecular weight excluding hydrogens is 551 g/mol. The number of benzene rings is 1. The number of aromatic nitrogens is 4. The van der Waals surface area contributed by atoms with Gasteiger partial charge in [0.05, 0.1) is 25.0 Å². The van der Waals surface area contributed by atoms with Crippen molar-refractivity contribution in [3.63, 3.8) is 0 Å². The highest BCUT2D eigenvalue weighted by Gasteiger charge is 2.34. The number of ether oxygens (including phenoxy) is 2. The number of carbonyl (C=O) groups excluding carboxylic acids is 1. The quantitative estimate of drug-likeness (QED) is 0.303. The number of amides is 1. The molecule has 1 saturated heterocycles. The summed E-state index contributed by atoms with van der Waals surface area (Å²) >= 11 is 6.63. The summed E-state index contributed by atoms with van der Waals surface area (Å²) in [5, 5.41) is 5.72. The van der Waals surface area contributed by atoms with Gasteiger partial charge < -0.3 is 24.7 Å². The van der Waals surface area contributed by atoms with E-state index in [1.165, 1.54) is 31.5 Å². The number of rotatable bonds is 7. The van der Waals surface area contributed by atoms with Gasteiger partial charge in [0, 0.05) is 51.6 Å². The summed E-state index contributed by atoms with van der Waals surface area (Å²) in [7, 11) is 1.66. The second kappa shape index (κ2) is 11.3. The molecule has 0 saturated carbocycles. The molecular formula is C26H25ClF3N7O3. The number of fused-ring (bicyclic) bond motifs is 1. The van der Waals surface area contributed by atoms with Gasteiger partial charge >= 0.3 is 6.18 Å². The van der Waals surface area contributed by atoms with Crippen LogP contribution in [-0.2, 0) is 29.3 Å². The van der Waals surface area contributed by atoms with E-state index in [2.05, 4.69) is 25.6 Å². The average molecular weight is 576 g/mol. The fraction of sp³-hybridized carbons (Fsp3) is 0.308. The highest BCUT2D eigenvalue weighted by Crippen LogP contribution is 2.38. The Morgan fingerprint density at radius 3 is 2.67 bits per heavy atom. The number of hydrogen-bond acceptors (Lipinski definition) is 8. The van der Waals surface area contributed by atoms with Crippen molar-refractivity contribution in [2.45, 2.75) is 19.6 Å². The Balaban J connectivity index is 1.41. The number of nitrogens with zero attached hydrogens (tertiary/aromatic N) is 5. The van der Waals surface area contributed by atoms with Gasteiger partial charge in [-0.05, 0) is 23.8 Å². The summed E-state index contributed by atoms with van der Waals surface area (Å²) in [6, 6.07) is 7.26. The van der Waals surface area contributed by atoms with Gasteiger partial charge in [-0.3, -0.25) is 9.69 Å². The predicted molar refractivity (Wildman–Crippen MR) is 143 cm³/mol. The monoisotopic (exact) mass is 575 g/mol. The molecule has 0 unspecified atom stereocenters. The molecule has 1 aliphatic rings. The van der Waals surface area contributed by atoms with E-state index in [1.807, 2.05) is 4.90 Å². The molecule has 1 aromatic carbocycles. The maximum atomic E-state index is 14.0. The maximum Gasteiger partial charge on any atom is 0.416 e. The van der Waals surface area contributed by atoms with Crippen LogP contribution >= 0.6 is 11.6 Å². The highest BCUT2D eigenvalue weighted by molar-refractivity contribution is 6.36. The van der Waals surface area contributed by atoms with Gasteiger partial charge in [-0.2, -0.15) is 18.2 Å². The van der Waals surface area contributed by atoms with E-state index in [9.17, 15) is 18.0 Å². The molecule has 2 N–H and O–H groups in total. The number of imidazole rings is 1. The van der Waals surface area contributed by atoms with Crippen molar-refractivity contribution in [3.05, 3.63) is 58.9 Å². The minimum Gasteiger partial charge on any atom is -0.454 e. The first-order valence-corrected chi connectivity index (χ1v) is 12.7. The molecule has 0 spiro atoms. The molecule has 0 atom stereocenters. The van der Waals surface area contributed by atoms with Crippen LogP contribution in [0.5, 0.6) is 11.5 Å². The fourth-order valence-electron chi connectivity index (χ4n) is 4.33. The van der Waals surface area contributed by atoms with Crippen molar-refractivity contribution in [1.82, 2.24) is 24.4 Å². The zero-order chi connectivity index (χ0) is 28.4. The number of alkyl halides is 3. The van der Waals surface area contributed by atoms with Gasteiger partial charge in [-0.25, -0.2) is 9.97 Å². The van der Waals surface area contributed by atoms with Crippen LogP contribution in [0.4, 0.5) is 30.6 Å². The topological polar surface area (TPSA) is 106 Å². The number of halogens is 4. The first kappa shape index (κ1) is 27.6. The third kappa shape index (κ3) is 6.11. The average Bonchev–Trinajstić information content (AvgIpc) is 3.22. The second-order valence-corrected chi connectivity index (χ2v) is 9.52. The van der Waals surface area contributed by atoms with Crippen LogP contribution in [0.25, 0.3) is 11.2 Å². The highest BCUT2D eigenvalue weighted by atomic mass is 35.5. The summed E-state index contributed by atoms with van der Waals surface area (Å²) in [5.41, 5.74) is 0.375. The van der Waals surface area contributed by atoms with E-state index in [4.69, 9.17) is 21.1 Å². The largest absolute Gasteiger partial charge is 0.454 e. The Morgan fingerprint density at radius 2 is 1.95 bits per heavy atom. The van der Waals surface area contributed by atoms with Gasteiger partial charge in [-0.1, -0.05) is 17.7 Å². The zero-order valence-electron chi connectivity index (χ0n) is 21.5. The molecule has 210 valence electrons. The molecule has 40 heavy (non-hydrogen) atoms. The number of morpholine rings is 1. The van der Waals surface area contributed by atoms with Gasteiger partial charge in [0.1, 0.15) is 22.1 Å². The van der Waals surface area contributed by atoms with Crippen LogP contribution in [0.15, 0.2) is 42.7 Å². The summed E-state index contributed by atoms with van der Waals surface area (Å²) in [5.74, 6) is 0.841. The van der Waals surface area contributed by atoms with E-state index in [0.717, 1.165) is 6.07 Å². The first-order valence-electron chi connectivity index (χ1n) is 12.3. The van der Waals surface area contributed by atoms with Crippen LogP contribution in [0.1, 0.15) is 18.1 Å². The molecule has 4 aromatic rings. The number of pyridine rings is 2. The maximum absolute atomic E-state index is 14.0. The second-order valence-electron chi connectivity index (χ2n) is 9.15. The molecule has 3 aromatic heterocycles. The lowest BCUT2D eigenvalue weighted by Gasteiger charge is -2.27. The van der Waals surface area contributed by atoms with Crippen molar-refractivity contribution in [2.75, 3.05) is 36.9 Å². The molecule has 4 heterocycles. The van der Waals surface area contributed by atoms with E-state index < -0.39 is 11.7 Å². The number of nitrogens with one attached hydrogen (secondary N) is 2. The molecule has 14 heteroatoms. The zero-order valence-corrected chi connectivity index (χ0v) is 22.3. The van der Waals surface area contributed by atoms with Crippen LogP contribution < -0.4 is 15.4 Å². The van der Waals surface area contributed by atoms with Crippen molar-refractivity contribution >= 4 is 46.1 Å². The fourth-order valence-corrected chi connectivity index (χ4v) is 4.63. The predicted octanol–water partition coefficient (Wildman–Crippen LogP) is 5.36. The third-order valence-electron chi connectivity index (χ3n) is 6.24. The van der Waals surface area contributed by atoms with Crippen LogP contribution in [0, 0.1) is 0 Å². The Hall–Kier alpha value is -3.94. The Morgan fingerprint density at radius 1 is 1.18 bits per heavy atom. The lowest BCUT2D eigenvalue weighted by molar-refractivity contribution is -0.138. The molecule has 1 fully saturated rings. The van der Waals surface area contributed by atoms with Gasteiger partial charge in [0.15, 0.2) is 11.4 Å². The van der Waals surface area contributed by atoms with Crippen LogP contribution in [0.2, 0.25) is 5.02 Å². The molecule has 1 aliphatic heterocycles. The van der Waals surface area contributed by atoms with E-state index >= 15 is 0 Å². The minimum absolute atomic E-state index is 0.177. The smallest absolute Gasteiger partial charge is 0.416 e. The molecule has 0 aliphatic carbocycles. The van der Waals surface area contributed by atoms with Crippen LogP contribution in [-0.4, -0.2) is 56.6 Å². The standard InChI is InChI=1S/C26H25ClF3N7O3/c1-15(38)33-21-12-18(5-6-31-21)40-20-13-32-24-23(22(20)27)36(2)25(35-24)34-17-4-3-16(19(11-17)26(28,29)30)14-37-7-9-39-10-8-37/h3-6,11-13H,7-10,14H2,1-2H3,(H,31,33,38)(H,32,34,35). The summed E-state index contributed by atoms with van der Waals surface area (Å²) in [6.45, 7) is 3.69. The Labute approximate surface area is 232 Å². The van der Waals surface area contributed by atoms with Gasteiger partial charge in [0.25, 0.3) is 0 Å². The van der Waals surface area contributed by atoms with Gasteiger partial charge in [-0.15, -0.1) is 0 Å². The summed E-state index contributed by atoms with van der Waals surface area (Å²) in [4.78, 5) is 26.0. The lowest BCUT2D eigenvalue weighted by atomic mass is 10.0. The number of anilines is 3. The lowest BCUT2D eigenvalue weighted by Crippen LogP contribution is -2.36. The summed E-state index contributed by atoms with van der Waals surface area (Å²) in [6.07, 6.45) is -1.67. The number of hydrogen-bond donors (Lipinski definition) is 2. The SMILES string of the molecule is CC(=O)Nc1cc(Oc2cnc3nc(Nc4ccc(CN5CCOCC5)c(C(F)(F)F)c4)n(C)c3c2Cl)ccn1. The van der Waals surface area contributed by atoms with Gasteiger partial charge in [0.2, 0.25) is 11.9 Å². The normalized spacial score (nSPS) is 14.3. The number of aryl methyl sites for hydroxylation is 1. The molecule has 1 amide bonds. The third-order valence-corrected chi connectivity index (χ3v) is 6.60. The number of carbonyl (C=O) groups is 1. The van der Waals surface area contributed by atoms with E-state index in [1.54, 1.807) is 23.7 Å². The van der Waals surface area contributed by atoms with E-state index in [0.29, 0.717) is 43.4 Å².